The number of benzene rings is 1. The normalized spacial score (nSPS) is 11.0. The van der Waals surface area contributed by atoms with Gasteiger partial charge in [-0.3, -0.25) is 14.6 Å². The van der Waals surface area contributed by atoms with Gasteiger partial charge in [0.1, 0.15) is 5.82 Å². The van der Waals surface area contributed by atoms with E-state index in [1.54, 1.807) is 16.6 Å². The SMILES string of the molecule is Cc1nc(CN(C)C(=O)c2nn(C)c3ccccc23)n[nH]1. The van der Waals surface area contributed by atoms with E-state index in [2.05, 4.69) is 20.3 Å². The van der Waals surface area contributed by atoms with Gasteiger partial charge in [-0.2, -0.15) is 10.2 Å². The minimum atomic E-state index is -0.144. The predicted molar refractivity (Wildman–Crippen MR) is 77.6 cm³/mol. The van der Waals surface area contributed by atoms with Gasteiger partial charge in [0.15, 0.2) is 11.5 Å². The first-order valence-corrected chi connectivity index (χ1v) is 6.61. The molecular weight excluding hydrogens is 268 g/mol. The van der Waals surface area contributed by atoms with E-state index < -0.39 is 0 Å². The largest absolute Gasteiger partial charge is 0.333 e. The van der Waals surface area contributed by atoms with E-state index in [1.165, 1.54) is 0 Å². The van der Waals surface area contributed by atoms with Gasteiger partial charge in [0.2, 0.25) is 0 Å². The van der Waals surface area contributed by atoms with Crippen LogP contribution < -0.4 is 0 Å². The predicted octanol–water partition coefficient (Wildman–Crippen LogP) is 1.27. The molecule has 7 nitrogen and oxygen atoms in total. The van der Waals surface area contributed by atoms with Gasteiger partial charge in [-0.25, -0.2) is 4.98 Å². The van der Waals surface area contributed by atoms with Gasteiger partial charge in [0.05, 0.1) is 12.1 Å². The number of nitrogens with one attached hydrogen (secondary N) is 1. The van der Waals surface area contributed by atoms with E-state index in [9.17, 15) is 4.79 Å². The number of aromatic amines is 1. The Hall–Kier alpha value is -2.70. The molecule has 1 amide bonds. The molecule has 0 aliphatic rings. The van der Waals surface area contributed by atoms with Crippen LogP contribution >= 0.6 is 0 Å². The highest BCUT2D eigenvalue weighted by Crippen LogP contribution is 2.19. The number of fused-ring (bicyclic) bond motifs is 1. The van der Waals surface area contributed by atoms with Crippen LogP contribution in [0.25, 0.3) is 10.9 Å². The summed E-state index contributed by atoms with van der Waals surface area (Å²) in [6, 6.07) is 7.68. The number of hydrogen-bond acceptors (Lipinski definition) is 4. The molecule has 3 rings (SSSR count). The van der Waals surface area contributed by atoms with Crippen molar-refractivity contribution in [2.45, 2.75) is 13.5 Å². The first-order chi connectivity index (χ1) is 10.1. The van der Waals surface area contributed by atoms with Crippen molar-refractivity contribution in [2.24, 2.45) is 7.05 Å². The lowest BCUT2D eigenvalue weighted by Crippen LogP contribution is -2.27. The fraction of sp³-hybridized carbons (Fsp3) is 0.286. The van der Waals surface area contributed by atoms with Crippen molar-refractivity contribution < 1.29 is 4.79 Å². The second kappa shape index (κ2) is 5.01. The van der Waals surface area contributed by atoms with Crippen LogP contribution in [0.3, 0.4) is 0 Å². The van der Waals surface area contributed by atoms with Crippen molar-refractivity contribution >= 4 is 16.8 Å². The lowest BCUT2D eigenvalue weighted by Gasteiger charge is -2.13. The molecule has 1 N–H and O–H groups in total. The molecule has 0 fully saturated rings. The minimum Gasteiger partial charge on any atom is -0.333 e. The molecule has 0 aliphatic heterocycles. The fourth-order valence-electron chi connectivity index (χ4n) is 2.30. The molecule has 0 radical (unpaired) electrons. The Bertz CT molecular complexity index is 803. The van der Waals surface area contributed by atoms with Crippen LogP contribution in [-0.4, -0.2) is 42.8 Å². The third-order valence-electron chi connectivity index (χ3n) is 3.33. The maximum Gasteiger partial charge on any atom is 0.275 e. The summed E-state index contributed by atoms with van der Waals surface area (Å²) in [6.45, 7) is 2.17. The summed E-state index contributed by atoms with van der Waals surface area (Å²) < 4.78 is 1.72. The zero-order chi connectivity index (χ0) is 15.0. The Morgan fingerprint density at radius 2 is 2.14 bits per heavy atom. The van der Waals surface area contributed by atoms with Crippen molar-refractivity contribution in [1.29, 1.82) is 0 Å². The van der Waals surface area contributed by atoms with Crippen molar-refractivity contribution in [1.82, 2.24) is 29.9 Å². The monoisotopic (exact) mass is 284 g/mol. The number of aromatic nitrogens is 5. The van der Waals surface area contributed by atoms with E-state index in [0.29, 0.717) is 18.1 Å². The molecule has 2 heterocycles. The number of para-hydroxylation sites is 1. The van der Waals surface area contributed by atoms with E-state index in [-0.39, 0.29) is 5.91 Å². The van der Waals surface area contributed by atoms with Gasteiger partial charge in [0, 0.05) is 19.5 Å². The molecular formula is C14H16N6O. The Balaban J connectivity index is 1.89. The van der Waals surface area contributed by atoms with Gasteiger partial charge in [-0.1, -0.05) is 18.2 Å². The van der Waals surface area contributed by atoms with Crippen LogP contribution in [0, 0.1) is 6.92 Å². The van der Waals surface area contributed by atoms with Crippen LogP contribution in [0.2, 0.25) is 0 Å². The quantitative estimate of drug-likeness (QED) is 0.785. The van der Waals surface area contributed by atoms with Crippen molar-refractivity contribution in [2.75, 3.05) is 7.05 Å². The van der Waals surface area contributed by atoms with Crippen LogP contribution in [0.1, 0.15) is 22.1 Å². The first-order valence-electron chi connectivity index (χ1n) is 6.61. The van der Waals surface area contributed by atoms with E-state index in [4.69, 9.17) is 0 Å². The molecule has 0 bridgehead atoms. The Labute approximate surface area is 121 Å². The summed E-state index contributed by atoms with van der Waals surface area (Å²) in [6.07, 6.45) is 0. The molecule has 0 atom stereocenters. The highest BCUT2D eigenvalue weighted by molar-refractivity contribution is 6.04. The van der Waals surface area contributed by atoms with Gasteiger partial charge in [0.25, 0.3) is 5.91 Å². The summed E-state index contributed by atoms with van der Waals surface area (Å²) in [7, 11) is 3.55. The zero-order valence-electron chi connectivity index (χ0n) is 12.2. The summed E-state index contributed by atoms with van der Waals surface area (Å²) in [5.74, 6) is 1.17. The Morgan fingerprint density at radius 3 is 2.86 bits per heavy atom. The Morgan fingerprint density at radius 1 is 1.38 bits per heavy atom. The maximum absolute atomic E-state index is 12.6. The fourth-order valence-corrected chi connectivity index (χ4v) is 2.30. The van der Waals surface area contributed by atoms with Crippen molar-refractivity contribution in [3.05, 3.63) is 41.6 Å². The average Bonchev–Trinajstić information content (AvgIpc) is 3.03. The smallest absolute Gasteiger partial charge is 0.275 e. The summed E-state index contributed by atoms with van der Waals surface area (Å²) >= 11 is 0. The molecule has 7 heteroatoms. The second-order valence-electron chi connectivity index (χ2n) is 4.99. The lowest BCUT2D eigenvalue weighted by atomic mass is 10.2. The van der Waals surface area contributed by atoms with Crippen LogP contribution in [0.15, 0.2) is 24.3 Å². The van der Waals surface area contributed by atoms with Gasteiger partial charge >= 0.3 is 0 Å². The van der Waals surface area contributed by atoms with Gasteiger partial charge in [-0.05, 0) is 13.0 Å². The zero-order valence-corrected chi connectivity index (χ0v) is 12.2. The molecule has 2 aromatic heterocycles. The molecule has 0 aliphatic carbocycles. The summed E-state index contributed by atoms with van der Waals surface area (Å²) in [5.41, 5.74) is 1.38. The topological polar surface area (TPSA) is 79.7 Å². The maximum atomic E-state index is 12.6. The van der Waals surface area contributed by atoms with Crippen LogP contribution in [0.4, 0.5) is 0 Å². The molecule has 0 saturated heterocycles. The second-order valence-corrected chi connectivity index (χ2v) is 4.99. The number of H-pyrrole nitrogens is 1. The van der Waals surface area contributed by atoms with Crippen molar-refractivity contribution in [3.8, 4) is 0 Å². The Kier molecular flexibility index (Phi) is 3.17. The molecule has 3 aromatic rings. The number of carbonyl (C=O) groups is 1. The molecule has 0 saturated carbocycles. The van der Waals surface area contributed by atoms with E-state index in [0.717, 1.165) is 16.7 Å². The molecule has 0 spiro atoms. The number of carbonyl (C=O) groups excluding carboxylic acids is 1. The highest BCUT2D eigenvalue weighted by Gasteiger charge is 2.20. The summed E-state index contributed by atoms with van der Waals surface area (Å²) in [4.78, 5) is 18.3. The third kappa shape index (κ3) is 2.37. The van der Waals surface area contributed by atoms with E-state index in [1.807, 2.05) is 38.2 Å². The summed E-state index contributed by atoms with van der Waals surface area (Å²) in [5, 5.41) is 12.0. The highest BCUT2D eigenvalue weighted by atomic mass is 16.2. The standard InChI is InChI=1S/C14H16N6O/c1-9-15-12(17-16-9)8-19(2)14(21)13-10-6-4-5-7-11(10)20(3)18-13/h4-7H,8H2,1-3H3,(H,15,16,17). The number of nitrogens with zero attached hydrogens (tertiary/aromatic N) is 5. The molecule has 0 unspecified atom stereocenters. The van der Waals surface area contributed by atoms with Gasteiger partial charge in [-0.15, -0.1) is 0 Å². The number of hydrogen-bond donors (Lipinski definition) is 1. The lowest BCUT2D eigenvalue weighted by molar-refractivity contribution is 0.0777. The minimum absolute atomic E-state index is 0.144. The van der Waals surface area contributed by atoms with Crippen molar-refractivity contribution in [3.63, 3.8) is 0 Å². The van der Waals surface area contributed by atoms with Gasteiger partial charge < -0.3 is 4.90 Å². The van der Waals surface area contributed by atoms with Crippen LogP contribution in [-0.2, 0) is 13.6 Å². The molecule has 21 heavy (non-hydrogen) atoms. The van der Waals surface area contributed by atoms with E-state index >= 15 is 0 Å². The number of amides is 1. The first kappa shape index (κ1) is 13.3. The van der Waals surface area contributed by atoms with Crippen LogP contribution in [0.5, 0.6) is 0 Å². The molecule has 1 aromatic carbocycles. The third-order valence-corrected chi connectivity index (χ3v) is 3.33. The average molecular weight is 284 g/mol. The number of rotatable bonds is 3. The molecule has 108 valence electrons. The number of aryl methyl sites for hydroxylation is 2.